The molecule has 0 bridgehead atoms. The molecule has 0 radical (unpaired) electrons. The normalized spacial score (nSPS) is 20.4. The Morgan fingerprint density at radius 1 is 1.61 bits per heavy atom. The molecule has 0 saturated heterocycles. The molecule has 0 fully saturated rings. The molecule has 0 aromatic heterocycles. The molecule has 1 atom stereocenters. The van der Waals surface area contributed by atoms with Crippen molar-refractivity contribution in [2.75, 3.05) is 18.1 Å². The predicted molar refractivity (Wildman–Crippen MR) is 75.7 cm³/mol. The Morgan fingerprint density at radius 2 is 2.33 bits per heavy atom. The zero-order valence-electron chi connectivity index (χ0n) is 11.6. The van der Waals surface area contributed by atoms with Gasteiger partial charge in [0.15, 0.2) is 0 Å². The first-order chi connectivity index (χ1) is 8.45. The van der Waals surface area contributed by atoms with Gasteiger partial charge in [0.05, 0.1) is 12.4 Å². The van der Waals surface area contributed by atoms with Crippen LogP contribution < -0.4 is 0 Å². The first-order valence-electron chi connectivity index (χ1n) is 6.52. The fraction of sp³-hybridized carbons (Fsp3) is 0.786. The van der Waals surface area contributed by atoms with Crippen LogP contribution in [0.1, 0.15) is 40.0 Å². The van der Waals surface area contributed by atoms with Crippen LogP contribution >= 0.6 is 11.8 Å². The number of ether oxygens (including phenoxy) is 1. The first kappa shape index (κ1) is 15.6. The third-order valence-corrected chi connectivity index (χ3v) is 4.36. The third kappa shape index (κ3) is 5.02. The van der Waals surface area contributed by atoms with Crippen LogP contribution in [0.2, 0.25) is 0 Å². The molecule has 1 unspecified atom stereocenters. The van der Waals surface area contributed by atoms with Crippen molar-refractivity contribution in [1.82, 2.24) is 0 Å². The second-order valence-corrected chi connectivity index (χ2v) is 6.48. The van der Waals surface area contributed by atoms with Crippen LogP contribution in [0.25, 0.3) is 0 Å². The van der Waals surface area contributed by atoms with Crippen LogP contribution in [-0.4, -0.2) is 34.8 Å². The van der Waals surface area contributed by atoms with Gasteiger partial charge in [-0.25, -0.2) is 0 Å². The monoisotopic (exact) mass is 272 g/mol. The number of thioether (sulfide) groups is 1. The molecule has 104 valence electrons. The maximum atomic E-state index is 11.7. The Kier molecular flexibility index (Phi) is 6.22. The molecule has 1 aliphatic rings. The predicted octanol–water partition coefficient (Wildman–Crippen LogP) is 2.78. The van der Waals surface area contributed by atoms with E-state index in [-0.39, 0.29) is 12.6 Å². The van der Waals surface area contributed by atoms with Crippen LogP contribution in [0.3, 0.4) is 0 Å². The van der Waals surface area contributed by atoms with Crippen molar-refractivity contribution in [3.8, 4) is 0 Å². The average Bonchev–Trinajstić information content (AvgIpc) is 2.29. The van der Waals surface area contributed by atoms with Crippen LogP contribution in [0.15, 0.2) is 11.6 Å². The van der Waals surface area contributed by atoms with Gasteiger partial charge in [0.2, 0.25) is 0 Å². The van der Waals surface area contributed by atoms with Crippen LogP contribution in [0, 0.1) is 5.92 Å². The fourth-order valence-electron chi connectivity index (χ4n) is 2.22. The highest BCUT2D eigenvalue weighted by atomic mass is 32.2. The Balaban J connectivity index is 2.41. The molecule has 0 heterocycles. The highest BCUT2D eigenvalue weighted by Gasteiger charge is 2.33. The molecular weight excluding hydrogens is 248 g/mol. The zero-order chi connectivity index (χ0) is 13.6. The molecule has 0 aromatic carbocycles. The summed E-state index contributed by atoms with van der Waals surface area (Å²) in [7, 11) is 0. The number of hydrogen-bond acceptors (Lipinski definition) is 4. The molecular formula is C14H24O3S. The molecule has 4 heteroatoms. The number of aliphatic hydroxyl groups excluding tert-OH is 1. The van der Waals surface area contributed by atoms with Crippen molar-refractivity contribution in [3.05, 3.63) is 11.6 Å². The summed E-state index contributed by atoms with van der Waals surface area (Å²) in [6, 6.07) is 0. The maximum absolute atomic E-state index is 11.7. The van der Waals surface area contributed by atoms with E-state index >= 15 is 0 Å². The summed E-state index contributed by atoms with van der Waals surface area (Å²) >= 11 is 1.41. The number of rotatable bonds is 6. The van der Waals surface area contributed by atoms with E-state index < -0.39 is 5.60 Å². The minimum Gasteiger partial charge on any atom is -0.459 e. The SMILES string of the molecule is CC1=CCC(C(C)(C)OC(=O)CSCCO)CC1. The van der Waals surface area contributed by atoms with Gasteiger partial charge in [-0.1, -0.05) is 11.6 Å². The summed E-state index contributed by atoms with van der Waals surface area (Å²) < 4.78 is 5.59. The van der Waals surface area contributed by atoms with Gasteiger partial charge in [0.25, 0.3) is 0 Å². The lowest BCUT2D eigenvalue weighted by Crippen LogP contribution is -2.38. The Morgan fingerprint density at radius 3 is 2.89 bits per heavy atom. The van der Waals surface area contributed by atoms with E-state index in [2.05, 4.69) is 13.0 Å². The first-order valence-corrected chi connectivity index (χ1v) is 7.67. The molecule has 1 rings (SSSR count). The summed E-state index contributed by atoms with van der Waals surface area (Å²) in [4.78, 5) is 11.7. The van der Waals surface area contributed by atoms with Crippen molar-refractivity contribution < 1.29 is 14.6 Å². The number of esters is 1. The van der Waals surface area contributed by atoms with Gasteiger partial charge in [-0.15, -0.1) is 11.8 Å². The molecule has 0 spiro atoms. The largest absolute Gasteiger partial charge is 0.459 e. The van der Waals surface area contributed by atoms with Gasteiger partial charge in [-0.05, 0) is 40.0 Å². The van der Waals surface area contributed by atoms with Crippen LogP contribution in [-0.2, 0) is 9.53 Å². The second kappa shape index (κ2) is 7.19. The van der Waals surface area contributed by atoms with E-state index in [1.54, 1.807) is 0 Å². The fourth-order valence-corrected chi connectivity index (χ4v) is 2.72. The average molecular weight is 272 g/mol. The van der Waals surface area contributed by atoms with E-state index in [1.807, 2.05) is 13.8 Å². The van der Waals surface area contributed by atoms with E-state index in [4.69, 9.17) is 9.84 Å². The van der Waals surface area contributed by atoms with Gasteiger partial charge >= 0.3 is 5.97 Å². The lowest BCUT2D eigenvalue weighted by Gasteiger charge is -2.35. The quantitative estimate of drug-likeness (QED) is 0.459. The zero-order valence-corrected chi connectivity index (χ0v) is 12.4. The summed E-state index contributed by atoms with van der Waals surface area (Å²) in [5, 5.41) is 8.66. The molecule has 0 saturated carbocycles. The van der Waals surface area contributed by atoms with Crippen molar-refractivity contribution >= 4 is 17.7 Å². The highest BCUT2D eigenvalue weighted by Crippen LogP contribution is 2.34. The summed E-state index contributed by atoms with van der Waals surface area (Å²) in [6.07, 6.45) is 5.44. The van der Waals surface area contributed by atoms with E-state index in [1.165, 1.54) is 17.3 Å². The molecule has 0 aromatic rings. The minimum absolute atomic E-state index is 0.105. The number of carbonyl (C=O) groups is 1. The van der Waals surface area contributed by atoms with E-state index in [0.29, 0.717) is 17.4 Å². The molecule has 1 aliphatic carbocycles. The second-order valence-electron chi connectivity index (χ2n) is 5.38. The van der Waals surface area contributed by atoms with Gasteiger partial charge in [-0.2, -0.15) is 0 Å². The standard InChI is InChI=1S/C14H24O3S/c1-11-4-6-12(7-5-11)14(2,3)17-13(16)10-18-9-8-15/h4,12,15H,5-10H2,1-3H3. The number of allylic oxidation sites excluding steroid dienone is 2. The summed E-state index contributed by atoms with van der Waals surface area (Å²) in [5.74, 6) is 1.14. The number of aliphatic hydroxyl groups is 1. The summed E-state index contributed by atoms with van der Waals surface area (Å²) in [6.45, 7) is 6.26. The van der Waals surface area contributed by atoms with Crippen molar-refractivity contribution in [2.24, 2.45) is 5.92 Å². The highest BCUT2D eigenvalue weighted by molar-refractivity contribution is 7.99. The number of carbonyl (C=O) groups excluding carboxylic acids is 1. The minimum atomic E-state index is -0.395. The lowest BCUT2D eigenvalue weighted by atomic mass is 9.79. The molecule has 1 N–H and O–H groups in total. The Bertz CT molecular complexity index is 310. The van der Waals surface area contributed by atoms with Gasteiger partial charge in [-0.3, -0.25) is 4.79 Å². The molecule has 18 heavy (non-hydrogen) atoms. The van der Waals surface area contributed by atoms with Crippen LogP contribution in [0.5, 0.6) is 0 Å². The van der Waals surface area contributed by atoms with Gasteiger partial charge in [0.1, 0.15) is 5.60 Å². The van der Waals surface area contributed by atoms with E-state index in [9.17, 15) is 4.79 Å². The smallest absolute Gasteiger partial charge is 0.316 e. The van der Waals surface area contributed by atoms with Crippen LogP contribution in [0.4, 0.5) is 0 Å². The third-order valence-electron chi connectivity index (χ3n) is 3.45. The summed E-state index contributed by atoms with van der Waals surface area (Å²) in [5.41, 5.74) is 1.04. The molecule has 0 aliphatic heterocycles. The molecule has 0 amide bonds. The van der Waals surface area contributed by atoms with E-state index in [0.717, 1.165) is 19.3 Å². The Hall–Kier alpha value is -0.480. The lowest BCUT2D eigenvalue weighted by molar-refractivity contribution is -0.158. The molecule has 3 nitrogen and oxygen atoms in total. The van der Waals surface area contributed by atoms with Crippen molar-refractivity contribution in [2.45, 2.75) is 45.6 Å². The van der Waals surface area contributed by atoms with Gasteiger partial charge < -0.3 is 9.84 Å². The Labute approximate surface area is 114 Å². The van der Waals surface area contributed by atoms with Crippen molar-refractivity contribution in [1.29, 1.82) is 0 Å². The van der Waals surface area contributed by atoms with Gasteiger partial charge in [0, 0.05) is 11.7 Å². The van der Waals surface area contributed by atoms with Crippen molar-refractivity contribution in [3.63, 3.8) is 0 Å². The topological polar surface area (TPSA) is 46.5 Å². The maximum Gasteiger partial charge on any atom is 0.316 e. The number of hydrogen-bond donors (Lipinski definition) is 1.